The lowest BCUT2D eigenvalue weighted by molar-refractivity contribution is 0.102. The first-order valence-electron chi connectivity index (χ1n) is 10.9. The second-order valence-electron chi connectivity index (χ2n) is 9.03. The lowest BCUT2D eigenvalue weighted by atomic mass is 9.93. The zero-order valence-corrected chi connectivity index (χ0v) is 20.1. The molecule has 0 fully saturated rings. The van der Waals surface area contributed by atoms with Gasteiger partial charge in [0.25, 0.3) is 5.91 Å². The Morgan fingerprint density at radius 1 is 1.32 bits per heavy atom. The summed E-state index contributed by atoms with van der Waals surface area (Å²) in [5.41, 5.74) is 6.18. The zero-order valence-electron chi connectivity index (χ0n) is 19.3. The van der Waals surface area contributed by atoms with E-state index in [4.69, 9.17) is 11.0 Å². The van der Waals surface area contributed by atoms with Gasteiger partial charge in [-0.15, -0.1) is 0 Å². The Balaban J connectivity index is 1.69. The molecule has 0 saturated heterocycles. The minimum absolute atomic E-state index is 0.00278. The molecule has 2 aliphatic heterocycles. The van der Waals surface area contributed by atoms with Gasteiger partial charge in [0, 0.05) is 18.5 Å². The third kappa shape index (κ3) is 3.92. The molecule has 0 bridgehead atoms. The van der Waals surface area contributed by atoms with Gasteiger partial charge in [-0.1, -0.05) is 0 Å². The van der Waals surface area contributed by atoms with Crippen LogP contribution in [-0.4, -0.2) is 43.0 Å². The van der Waals surface area contributed by atoms with Crippen LogP contribution in [0.25, 0.3) is 0 Å². The molecule has 9 nitrogen and oxygen atoms in total. The van der Waals surface area contributed by atoms with Crippen molar-refractivity contribution in [1.82, 2.24) is 9.97 Å². The summed E-state index contributed by atoms with van der Waals surface area (Å²) in [5.74, 6) is -0.623. The summed E-state index contributed by atoms with van der Waals surface area (Å²) in [5, 5.41) is 11.6. The van der Waals surface area contributed by atoms with Crippen molar-refractivity contribution in [2.45, 2.75) is 50.3 Å². The van der Waals surface area contributed by atoms with Crippen molar-refractivity contribution >= 4 is 27.3 Å². The highest BCUT2D eigenvalue weighted by Crippen LogP contribution is 2.40. The third-order valence-electron chi connectivity index (χ3n) is 6.61. The molecule has 0 radical (unpaired) electrons. The number of amides is 1. The average Bonchev–Trinajstić information content (AvgIpc) is 2.88. The third-order valence-corrected chi connectivity index (χ3v) is 9.79. The van der Waals surface area contributed by atoms with Crippen LogP contribution < -0.4 is 11.1 Å². The van der Waals surface area contributed by atoms with E-state index in [2.05, 4.69) is 24.6 Å². The van der Waals surface area contributed by atoms with E-state index in [0.717, 1.165) is 6.42 Å². The maximum atomic E-state index is 15.0. The van der Waals surface area contributed by atoms with Crippen molar-refractivity contribution in [3.8, 4) is 6.07 Å². The number of anilines is 1. The van der Waals surface area contributed by atoms with Crippen molar-refractivity contribution in [1.29, 1.82) is 5.26 Å². The van der Waals surface area contributed by atoms with Crippen molar-refractivity contribution in [3.63, 3.8) is 0 Å². The molecular formula is C23H26FN7O2S. The van der Waals surface area contributed by atoms with E-state index >= 15 is 4.39 Å². The molecular weight excluding hydrogens is 457 g/mol. The van der Waals surface area contributed by atoms with Gasteiger partial charge < -0.3 is 11.1 Å². The molecule has 11 heteroatoms. The van der Waals surface area contributed by atoms with Crippen molar-refractivity contribution in [3.05, 3.63) is 52.7 Å². The van der Waals surface area contributed by atoms with E-state index in [1.165, 1.54) is 18.3 Å². The Kier molecular flexibility index (Phi) is 5.89. The topological polar surface area (TPSA) is 146 Å². The summed E-state index contributed by atoms with van der Waals surface area (Å²) in [4.78, 5) is 25.8. The quantitative estimate of drug-likeness (QED) is 0.686. The van der Waals surface area contributed by atoms with Crippen LogP contribution in [0.2, 0.25) is 0 Å². The van der Waals surface area contributed by atoms with Crippen molar-refractivity contribution in [2.24, 2.45) is 15.1 Å². The number of aromatic nitrogens is 2. The molecule has 0 aromatic carbocycles. The van der Waals surface area contributed by atoms with Gasteiger partial charge in [-0.05, 0) is 63.8 Å². The number of amidine groups is 1. The fourth-order valence-electron chi connectivity index (χ4n) is 4.40. The van der Waals surface area contributed by atoms with Crippen LogP contribution in [0.1, 0.15) is 60.4 Å². The molecule has 178 valence electrons. The second-order valence-corrected chi connectivity index (χ2v) is 11.9. The second kappa shape index (κ2) is 8.43. The molecule has 0 unspecified atom stereocenters. The van der Waals surface area contributed by atoms with Gasteiger partial charge in [0.2, 0.25) is 0 Å². The van der Waals surface area contributed by atoms with Gasteiger partial charge in [-0.2, -0.15) is 5.26 Å². The Morgan fingerprint density at radius 2 is 2.09 bits per heavy atom. The minimum atomic E-state index is -2.67. The van der Waals surface area contributed by atoms with Crippen LogP contribution in [0.5, 0.6) is 0 Å². The smallest absolute Gasteiger partial charge is 0.275 e. The number of nitrogens with one attached hydrogen (secondary N) is 1. The maximum Gasteiger partial charge on any atom is 0.275 e. The number of pyridine rings is 2. The Labute approximate surface area is 197 Å². The first kappa shape index (κ1) is 23.8. The predicted molar refractivity (Wildman–Crippen MR) is 127 cm³/mol. The van der Waals surface area contributed by atoms with Gasteiger partial charge in [-0.3, -0.25) is 9.79 Å². The molecule has 0 aliphatic carbocycles. The number of hydrogen-bond donors (Lipinski definition) is 2. The first-order valence-corrected chi connectivity index (χ1v) is 12.6. The number of hydrogen-bond acceptors (Lipinski definition) is 8. The van der Waals surface area contributed by atoms with E-state index in [1.807, 2.05) is 13.0 Å². The normalized spacial score (nSPS) is 28.5. The summed E-state index contributed by atoms with van der Waals surface area (Å²) in [6, 6.07) is 6.08. The fraction of sp³-hybridized carbons (Fsp3) is 0.435. The Morgan fingerprint density at radius 3 is 2.79 bits per heavy atom. The highest BCUT2D eigenvalue weighted by Gasteiger charge is 2.47. The highest BCUT2D eigenvalue weighted by molar-refractivity contribution is 7.95. The van der Waals surface area contributed by atoms with Crippen molar-refractivity contribution in [2.75, 3.05) is 17.6 Å². The van der Waals surface area contributed by atoms with Crippen LogP contribution in [0.4, 0.5) is 10.2 Å². The number of fused-ring (bicyclic) bond motifs is 1. The molecule has 2 aliphatic rings. The molecule has 0 saturated carbocycles. The fourth-order valence-corrected chi connectivity index (χ4v) is 7.20. The molecule has 2 aromatic heterocycles. The molecule has 1 amide bonds. The lowest BCUT2D eigenvalue weighted by Gasteiger charge is -2.33. The summed E-state index contributed by atoms with van der Waals surface area (Å²) in [7, 11) is -2.67. The van der Waals surface area contributed by atoms with Gasteiger partial charge >= 0.3 is 0 Å². The largest absolute Gasteiger partial charge is 0.386 e. The monoisotopic (exact) mass is 483 g/mol. The van der Waals surface area contributed by atoms with Crippen LogP contribution in [0, 0.1) is 24.1 Å². The summed E-state index contributed by atoms with van der Waals surface area (Å²) in [6.07, 6.45) is 2.91. The Bertz CT molecular complexity index is 1380. The number of rotatable bonds is 3. The summed E-state index contributed by atoms with van der Waals surface area (Å²) >= 11 is 0. The van der Waals surface area contributed by atoms with Gasteiger partial charge in [0.15, 0.2) is 0 Å². The number of aliphatic imine (C=N–C) groups is 1. The molecule has 3 atom stereocenters. The Hall–Kier alpha value is -3.39. The predicted octanol–water partition coefficient (Wildman–Crippen LogP) is 3.04. The summed E-state index contributed by atoms with van der Waals surface area (Å²) < 4.78 is 32.2. The van der Waals surface area contributed by atoms with Gasteiger partial charge in [0.1, 0.15) is 45.2 Å². The van der Waals surface area contributed by atoms with Gasteiger partial charge in [-0.25, -0.2) is 22.9 Å². The lowest BCUT2D eigenvalue weighted by Crippen LogP contribution is -2.49. The van der Waals surface area contributed by atoms with Gasteiger partial charge in [0.05, 0.1) is 15.3 Å². The molecule has 3 N–H and O–H groups in total. The van der Waals surface area contributed by atoms with E-state index < -0.39 is 31.7 Å². The van der Waals surface area contributed by atoms with E-state index in [-0.39, 0.29) is 35.2 Å². The molecule has 4 rings (SSSR count). The molecule has 4 heterocycles. The van der Waals surface area contributed by atoms with Crippen molar-refractivity contribution < 1.29 is 13.4 Å². The first-order chi connectivity index (χ1) is 16.0. The van der Waals surface area contributed by atoms with E-state index in [9.17, 15) is 9.00 Å². The standard InChI is InChI=1S/C23H26FN7O2S/c1-14-11-15(12-25)13-27-18(14)20(32)30-17-6-5-16(24)19(29-17)22(2)8-10-34(33)23(3,21(26)31-22)7-4-9-28-34/h5-6,11,13H,4,7-10H2,1-3H3,(H2,26,31)(H,29,30,32)/t22-,23+,34+/m0/s1. The van der Waals surface area contributed by atoms with Crippen LogP contribution >= 0.6 is 0 Å². The number of aryl methyl sites for hydroxylation is 1. The number of carbonyl (C=O) groups excluding carboxylic acids is 1. The van der Waals surface area contributed by atoms with Crippen LogP contribution in [0.3, 0.4) is 0 Å². The molecule has 0 spiro atoms. The molecule has 34 heavy (non-hydrogen) atoms. The van der Waals surface area contributed by atoms with E-state index in [0.29, 0.717) is 24.1 Å². The number of nitrogens with two attached hydrogens (primary N) is 1. The van der Waals surface area contributed by atoms with Crippen LogP contribution in [-0.2, 0) is 15.3 Å². The number of halogens is 1. The number of nitrogens with zero attached hydrogens (tertiary/aromatic N) is 5. The maximum absolute atomic E-state index is 15.0. The van der Waals surface area contributed by atoms with E-state index in [1.54, 1.807) is 19.9 Å². The summed E-state index contributed by atoms with van der Waals surface area (Å²) in [6.45, 7) is 5.69. The average molecular weight is 484 g/mol. The minimum Gasteiger partial charge on any atom is -0.386 e. The number of carbonyl (C=O) groups is 1. The molecule has 2 aromatic rings. The zero-order chi connectivity index (χ0) is 24.7. The van der Waals surface area contributed by atoms with Crippen LogP contribution in [0.15, 0.2) is 33.8 Å². The highest BCUT2D eigenvalue weighted by atomic mass is 32.2. The SMILES string of the molecule is Cc1cc(C#N)cnc1C(=O)Nc1ccc(F)c([C@]2(C)CC[S@]3(=O)=NCCC[C@]3(C)C(N)=N2)n1. The number of nitriles is 1.